The molecule has 2 heterocycles. The third kappa shape index (κ3) is 6.90. The molecule has 1 aromatic rings. The average molecular weight is 401 g/mol. The van der Waals surface area contributed by atoms with Crippen molar-refractivity contribution in [3.8, 4) is 5.88 Å². The molecule has 1 atom stereocenters. The Bertz CT molecular complexity index is 681. The molecular weight excluding hydrogens is 375 g/mol. The van der Waals surface area contributed by atoms with Gasteiger partial charge in [0.2, 0.25) is 11.8 Å². The number of likely N-dealkylation sites (tertiary alicyclic amines) is 1. The summed E-state index contributed by atoms with van der Waals surface area (Å²) >= 11 is 0. The summed E-state index contributed by atoms with van der Waals surface area (Å²) in [7, 11) is 0. The van der Waals surface area contributed by atoms with Crippen LogP contribution in [0.15, 0.2) is 23.3 Å². The van der Waals surface area contributed by atoms with Crippen LogP contribution in [0.2, 0.25) is 0 Å². The first-order chi connectivity index (χ1) is 13.3. The van der Waals surface area contributed by atoms with E-state index in [1.807, 2.05) is 18.7 Å². The van der Waals surface area contributed by atoms with E-state index in [9.17, 15) is 18.0 Å². The summed E-state index contributed by atoms with van der Waals surface area (Å²) in [6.45, 7) is 4.39. The molecule has 0 aromatic carbocycles. The van der Waals surface area contributed by atoms with Crippen molar-refractivity contribution in [2.45, 2.75) is 45.5 Å². The fourth-order valence-corrected chi connectivity index (χ4v) is 2.83. The molecule has 1 unspecified atom stereocenters. The number of aromatic nitrogens is 1. The number of halogens is 3. The number of nitrogens with one attached hydrogen (secondary N) is 2. The number of pyridine rings is 1. The molecular formula is C18H26F3N5O2. The molecule has 1 saturated heterocycles. The van der Waals surface area contributed by atoms with Crippen LogP contribution in [-0.4, -0.2) is 60.2 Å². The van der Waals surface area contributed by atoms with E-state index >= 15 is 0 Å². The first-order valence-corrected chi connectivity index (χ1v) is 9.28. The third-order valence-corrected chi connectivity index (χ3v) is 4.16. The first-order valence-electron chi connectivity index (χ1n) is 9.28. The normalized spacial score (nSPS) is 17.5. The molecule has 1 aliphatic rings. The number of ether oxygens (including phenoxy) is 1. The zero-order valence-corrected chi connectivity index (χ0v) is 16.1. The molecule has 1 amide bonds. The van der Waals surface area contributed by atoms with Gasteiger partial charge in [-0.25, -0.2) is 9.98 Å². The first kappa shape index (κ1) is 21.8. The zero-order valence-electron chi connectivity index (χ0n) is 16.1. The maximum Gasteiger partial charge on any atom is 0.422 e. The van der Waals surface area contributed by atoms with Crippen LogP contribution in [0.25, 0.3) is 0 Å². The van der Waals surface area contributed by atoms with Gasteiger partial charge in [0, 0.05) is 43.9 Å². The van der Waals surface area contributed by atoms with E-state index in [4.69, 9.17) is 4.74 Å². The number of carbonyl (C=O) groups is 1. The molecule has 1 aliphatic heterocycles. The van der Waals surface area contributed by atoms with Crippen molar-refractivity contribution < 1.29 is 22.7 Å². The van der Waals surface area contributed by atoms with Gasteiger partial charge in [-0.3, -0.25) is 4.79 Å². The van der Waals surface area contributed by atoms with Crippen LogP contribution in [-0.2, 0) is 11.3 Å². The van der Waals surface area contributed by atoms with E-state index in [0.717, 1.165) is 6.42 Å². The average Bonchev–Trinajstić information content (AvgIpc) is 3.12. The number of amides is 1. The van der Waals surface area contributed by atoms with Crippen LogP contribution in [0.5, 0.6) is 5.88 Å². The lowest BCUT2D eigenvalue weighted by Crippen LogP contribution is -2.45. The van der Waals surface area contributed by atoms with Crippen molar-refractivity contribution in [2.75, 3.05) is 26.2 Å². The lowest BCUT2D eigenvalue weighted by molar-refractivity contribution is -0.154. The number of carbonyl (C=O) groups excluding carboxylic acids is 1. The molecule has 2 N–H and O–H groups in total. The van der Waals surface area contributed by atoms with E-state index in [1.54, 1.807) is 12.1 Å². The van der Waals surface area contributed by atoms with Crippen molar-refractivity contribution in [3.63, 3.8) is 0 Å². The second-order valence-electron chi connectivity index (χ2n) is 6.39. The number of rotatable bonds is 7. The summed E-state index contributed by atoms with van der Waals surface area (Å²) in [5, 5.41) is 6.38. The summed E-state index contributed by atoms with van der Waals surface area (Å²) in [6, 6.07) is 3.32. The van der Waals surface area contributed by atoms with E-state index < -0.39 is 12.8 Å². The van der Waals surface area contributed by atoms with Gasteiger partial charge < -0.3 is 20.3 Å². The molecule has 1 aromatic heterocycles. The van der Waals surface area contributed by atoms with Crippen molar-refractivity contribution >= 4 is 11.9 Å². The van der Waals surface area contributed by atoms with E-state index in [0.29, 0.717) is 37.6 Å². The van der Waals surface area contributed by atoms with Gasteiger partial charge in [-0.1, -0.05) is 13.0 Å². The fraction of sp³-hybridized carbons (Fsp3) is 0.611. The van der Waals surface area contributed by atoms with Crippen molar-refractivity contribution in [3.05, 3.63) is 23.9 Å². The number of aliphatic imine (C=N–C) groups is 1. The lowest BCUT2D eigenvalue weighted by Gasteiger charge is -2.19. The monoisotopic (exact) mass is 401 g/mol. The Morgan fingerprint density at radius 2 is 2.21 bits per heavy atom. The highest BCUT2D eigenvalue weighted by molar-refractivity contribution is 5.80. The smallest absolute Gasteiger partial charge is 0.422 e. The molecule has 10 heteroatoms. The Hall–Kier alpha value is -2.52. The van der Waals surface area contributed by atoms with Gasteiger partial charge in [-0.15, -0.1) is 0 Å². The predicted molar refractivity (Wildman–Crippen MR) is 99.0 cm³/mol. The number of guanidine groups is 1. The van der Waals surface area contributed by atoms with E-state index in [-0.39, 0.29) is 24.4 Å². The van der Waals surface area contributed by atoms with Gasteiger partial charge in [0.1, 0.15) is 0 Å². The van der Waals surface area contributed by atoms with Crippen molar-refractivity contribution in [2.24, 2.45) is 4.99 Å². The summed E-state index contributed by atoms with van der Waals surface area (Å²) in [6.07, 6.45) is -1.77. The fourth-order valence-electron chi connectivity index (χ4n) is 2.83. The van der Waals surface area contributed by atoms with E-state index in [2.05, 4.69) is 20.6 Å². The largest absolute Gasteiger partial charge is 0.468 e. The highest BCUT2D eigenvalue weighted by Crippen LogP contribution is 2.20. The van der Waals surface area contributed by atoms with Gasteiger partial charge in [-0.05, 0) is 19.4 Å². The molecule has 0 saturated carbocycles. The van der Waals surface area contributed by atoms with Crippen LogP contribution < -0.4 is 15.4 Å². The summed E-state index contributed by atoms with van der Waals surface area (Å²) in [4.78, 5) is 21.9. The molecule has 0 radical (unpaired) electrons. The summed E-state index contributed by atoms with van der Waals surface area (Å²) in [5.41, 5.74) is 0.457. The predicted octanol–water partition coefficient (Wildman–Crippen LogP) is 2.09. The van der Waals surface area contributed by atoms with Gasteiger partial charge in [0.05, 0.1) is 6.54 Å². The number of hydrogen-bond acceptors (Lipinski definition) is 4. The van der Waals surface area contributed by atoms with Crippen molar-refractivity contribution in [1.29, 1.82) is 0 Å². The topological polar surface area (TPSA) is 78.9 Å². The second-order valence-corrected chi connectivity index (χ2v) is 6.39. The van der Waals surface area contributed by atoms with Crippen LogP contribution in [0.4, 0.5) is 13.2 Å². The lowest BCUT2D eigenvalue weighted by atomic mass is 10.2. The Kier molecular flexibility index (Phi) is 7.89. The van der Waals surface area contributed by atoms with Crippen LogP contribution in [0.3, 0.4) is 0 Å². The van der Waals surface area contributed by atoms with Gasteiger partial charge in [0.15, 0.2) is 12.6 Å². The second kappa shape index (κ2) is 10.1. The highest BCUT2D eigenvalue weighted by Gasteiger charge is 2.29. The zero-order chi connectivity index (χ0) is 20.6. The maximum atomic E-state index is 12.4. The minimum atomic E-state index is -4.43. The van der Waals surface area contributed by atoms with Gasteiger partial charge >= 0.3 is 6.18 Å². The molecule has 0 bridgehead atoms. The number of hydrogen-bond donors (Lipinski definition) is 2. The molecule has 1 fully saturated rings. The Labute approximate surface area is 162 Å². The Morgan fingerprint density at radius 1 is 1.43 bits per heavy atom. The molecule has 7 nitrogen and oxygen atoms in total. The summed E-state index contributed by atoms with van der Waals surface area (Å²) in [5.74, 6) is 0.567. The standard InChI is InChI=1S/C18H26F3N5O2/c1-3-15(27)26-9-7-14(11-26)25-17(22-4-2)24-10-13-6-5-8-23-16(13)28-12-18(19,20)21/h5-6,8,14H,3-4,7,9-12H2,1-2H3,(H2,22,24,25). The molecule has 0 spiro atoms. The van der Waals surface area contributed by atoms with Gasteiger partial charge in [-0.2, -0.15) is 13.2 Å². The van der Waals surface area contributed by atoms with Crippen LogP contribution in [0, 0.1) is 0 Å². The molecule has 156 valence electrons. The highest BCUT2D eigenvalue weighted by atomic mass is 19.4. The Morgan fingerprint density at radius 3 is 2.89 bits per heavy atom. The number of nitrogens with zero attached hydrogens (tertiary/aromatic N) is 3. The molecule has 0 aliphatic carbocycles. The van der Waals surface area contributed by atoms with Crippen LogP contribution >= 0.6 is 0 Å². The third-order valence-electron chi connectivity index (χ3n) is 4.16. The molecule has 28 heavy (non-hydrogen) atoms. The quantitative estimate of drug-likeness (QED) is 0.540. The van der Waals surface area contributed by atoms with Gasteiger partial charge in [0.25, 0.3) is 0 Å². The van der Waals surface area contributed by atoms with E-state index in [1.165, 1.54) is 6.20 Å². The molecule has 2 rings (SSSR count). The maximum absolute atomic E-state index is 12.4. The Balaban J connectivity index is 2.00. The van der Waals surface area contributed by atoms with Crippen LogP contribution in [0.1, 0.15) is 32.3 Å². The minimum absolute atomic E-state index is 0.0724. The number of alkyl halides is 3. The minimum Gasteiger partial charge on any atom is -0.468 e. The van der Waals surface area contributed by atoms with Crippen molar-refractivity contribution in [1.82, 2.24) is 20.5 Å². The summed E-state index contributed by atoms with van der Waals surface area (Å²) < 4.78 is 42.0. The SMILES string of the molecule is CCNC(=NCc1cccnc1OCC(F)(F)F)NC1CCN(C(=O)CC)C1.